The van der Waals surface area contributed by atoms with Gasteiger partial charge < -0.3 is 15.0 Å². The predicted octanol–water partition coefficient (Wildman–Crippen LogP) is 5.73. The molecule has 1 N–H and O–H groups in total. The number of thiazole rings is 2. The van der Waals surface area contributed by atoms with Crippen molar-refractivity contribution in [3.63, 3.8) is 0 Å². The molecule has 1 amide bonds. The third-order valence-corrected chi connectivity index (χ3v) is 10.4. The van der Waals surface area contributed by atoms with Gasteiger partial charge in [0.25, 0.3) is 0 Å². The number of fused-ring (bicyclic) bond motifs is 1. The average Bonchev–Trinajstić information content (AvgIpc) is 3.73. The van der Waals surface area contributed by atoms with Crippen molar-refractivity contribution in [3.8, 4) is 17.3 Å². The Balaban J connectivity index is 1.19. The second-order valence-electron chi connectivity index (χ2n) is 11.1. The van der Waals surface area contributed by atoms with Crippen LogP contribution in [0.4, 0.5) is 15.3 Å². The van der Waals surface area contributed by atoms with Crippen LogP contribution in [0.25, 0.3) is 16.2 Å². The topological polar surface area (TPSA) is 98.8 Å². The number of piperidine rings is 1. The molecule has 5 heterocycles. The van der Waals surface area contributed by atoms with Gasteiger partial charge in [-0.3, -0.25) is 14.1 Å². The van der Waals surface area contributed by atoms with E-state index in [0.29, 0.717) is 29.6 Å². The van der Waals surface area contributed by atoms with E-state index in [2.05, 4.69) is 45.6 Å². The van der Waals surface area contributed by atoms with Gasteiger partial charge in [0.15, 0.2) is 10.1 Å². The minimum absolute atomic E-state index is 0.112. The van der Waals surface area contributed by atoms with Gasteiger partial charge in [-0.15, -0.1) is 11.3 Å². The fourth-order valence-electron chi connectivity index (χ4n) is 5.98. The lowest BCUT2D eigenvalue weighted by atomic mass is 9.96. The lowest BCUT2D eigenvalue weighted by molar-refractivity contribution is -0.123. The Bertz CT molecular complexity index is 1610. The number of anilines is 2. The highest BCUT2D eigenvalue weighted by Crippen LogP contribution is 2.40. The van der Waals surface area contributed by atoms with Crippen LogP contribution in [0.15, 0.2) is 30.5 Å². The highest BCUT2D eigenvalue weighted by Gasteiger charge is 2.28. The molecule has 3 aromatic heterocycles. The molecule has 9 nitrogen and oxygen atoms in total. The highest BCUT2D eigenvalue weighted by atomic mass is 32.1. The molecule has 0 atom stereocenters. The van der Waals surface area contributed by atoms with Crippen LogP contribution in [-0.2, 0) is 16.0 Å². The Morgan fingerprint density at radius 2 is 1.88 bits per heavy atom. The summed E-state index contributed by atoms with van der Waals surface area (Å²) in [7, 11) is 0. The number of ether oxygens (including phenoxy) is 1. The van der Waals surface area contributed by atoms with Gasteiger partial charge in [-0.1, -0.05) is 18.3 Å². The van der Waals surface area contributed by atoms with Crippen LogP contribution >= 0.6 is 22.7 Å². The second-order valence-corrected chi connectivity index (χ2v) is 13.1. The molecule has 0 unspecified atom stereocenters. The highest BCUT2D eigenvalue weighted by molar-refractivity contribution is 7.17. The van der Waals surface area contributed by atoms with Crippen molar-refractivity contribution in [1.29, 1.82) is 5.26 Å². The minimum Gasteiger partial charge on any atom is -0.381 e. The number of rotatable bonds is 9. The van der Waals surface area contributed by atoms with Gasteiger partial charge in [0.05, 0.1) is 12.2 Å². The molecule has 0 spiro atoms. The van der Waals surface area contributed by atoms with E-state index in [1.54, 1.807) is 23.5 Å². The predicted molar refractivity (Wildman–Crippen MR) is 168 cm³/mol. The lowest BCUT2D eigenvalue weighted by Gasteiger charge is -2.31. The maximum Gasteiger partial charge on any atom is 0.234 e. The Labute approximate surface area is 258 Å². The first-order chi connectivity index (χ1) is 21.0. The molecule has 2 fully saturated rings. The molecule has 0 bridgehead atoms. The van der Waals surface area contributed by atoms with E-state index in [0.717, 1.165) is 85.6 Å². The monoisotopic (exact) mass is 621 g/mol. The molecule has 43 heavy (non-hydrogen) atoms. The molecule has 0 radical (unpaired) electrons. The molecule has 2 saturated heterocycles. The summed E-state index contributed by atoms with van der Waals surface area (Å²) in [4.78, 5) is 29.6. The first kappa shape index (κ1) is 29.7. The van der Waals surface area contributed by atoms with Gasteiger partial charge in [-0.05, 0) is 82.3 Å². The van der Waals surface area contributed by atoms with Gasteiger partial charge >= 0.3 is 0 Å². The number of aryl methyl sites for hydroxylation is 1. The van der Waals surface area contributed by atoms with Gasteiger partial charge in [0.1, 0.15) is 28.3 Å². The number of hydrogen-bond donors (Lipinski definition) is 1. The number of carbonyl (C=O) groups is 1. The normalized spacial score (nSPS) is 16.9. The van der Waals surface area contributed by atoms with E-state index in [1.165, 1.54) is 28.3 Å². The summed E-state index contributed by atoms with van der Waals surface area (Å²) < 4.78 is 21.1. The Kier molecular flexibility index (Phi) is 9.04. The number of carbonyl (C=O) groups excluding carboxylic acids is 1. The maximum absolute atomic E-state index is 13.6. The van der Waals surface area contributed by atoms with E-state index in [4.69, 9.17) is 14.7 Å². The van der Waals surface area contributed by atoms with Crippen LogP contribution in [-0.4, -0.2) is 70.6 Å². The molecule has 0 saturated carbocycles. The average molecular weight is 622 g/mol. The van der Waals surface area contributed by atoms with E-state index >= 15 is 0 Å². The summed E-state index contributed by atoms with van der Waals surface area (Å²) in [6.45, 7) is 8.51. The van der Waals surface area contributed by atoms with E-state index in [1.807, 2.05) is 0 Å². The van der Waals surface area contributed by atoms with Crippen molar-refractivity contribution in [2.45, 2.75) is 57.9 Å². The van der Waals surface area contributed by atoms with Crippen LogP contribution in [0.2, 0.25) is 0 Å². The SMILES string of the molecule is CCc1nc2sc(C3CCN(CC(=O)NC4CCOCC4)CC3)cn2c1N(CC)c1nc(-c2ccc(F)cc2)c(C#N)s1. The molecule has 226 valence electrons. The zero-order chi connectivity index (χ0) is 29.9. The van der Waals surface area contributed by atoms with Crippen molar-refractivity contribution in [2.24, 2.45) is 0 Å². The van der Waals surface area contributed by atoms with Crippen molar-refractivity contribution < 1.29 is 13.9 Å². The Morgan fingerprint density at radius 1 is 1.14 bits per heavy atom. The van der Waals surface area contributed by atoms with Crippen molar-refractivity contribution in [1.82, 2.24) is 24.6 Å². The Morgan fingerprint density at radius 3 is 2.56 bits per heavy atom. The van der Waals surface area contributed by atoms with Crippen LogP contribution in [0.1, 0.15) is 60.9 Å². The number of imidazole rings is 1. The third-order valence-electron chi connectivity index (χ3n) is 8.30. The quantitative estimate of drug-likeness (QED) is 0.255. The molecule has 4 aromatic rings. The summed E-state index contributed by atoms with van der Waals surface area (Å²) in [5, 5.41) is 13.8. The van der Waals surface area contributed by atoms with Crippen LogP contribution in [0, 0.1) is 17.1 Å². The Hall–Kier alpha value is -3.37. The number of nitrogens with zero attached hydrogens (tertiary/aromatic N) is 6. The summed E-state index contributed by atoms with van der Waals surface area (Å²) in [5.41, 5.74) is 2.27. The summed E-state index contributed by atoms with van der Waals surface area (Å²) >= 11 is 3.08. The largest absolute Gasteiger partial charge is 0.381 e. The van der Waals surface area contributed by atoms with E-state index < -0.39 is 0 Å². The molecule has 2 aliphatic heterocycles. The number of nitrogens with one attached hydrogen (secondary N) is 1. The number of benzene rings is 1. The number of amides is 1. The van der Waals surface area contributed by atoms with Gasteiger partial charge in [0.2, 0.25) is 5.91 Å². The van der Waals surface area contributed by atoms with Crippen molar-refractivity contribution in [2.75, 3.05) is 44.3 Å². The molecular weight excluding hydrogens is 586 g/mol. The molecule has 1 aromatic carbocycles. The minimum atomic E-state index is -0.322. The van der Waals surface area contributed by atoms with Crippen LogP contribution in [0.3, 0.4) is 0 Å². The van der Waals surface area contributed by atoms with Crippen molar-refractivity contribution in [3.05, 3.63) is 51.7 Å². The lowest BCUT2D eigenvalue weighted by Crippen LogP contribution is -2.45. The first-order valence-corrected chi connectivity index (χ1v) is 16.6. The van der Waals surface area contributed by atoms with Crippen LogP contribution < -0.4 is 10.2 Å². The number of likely N-dealkylation sites (tertiary alicyclic amines) is 1. The second kappa shape index (κ2) is 13.1. The third kappa shape index (κ3) is 6.31. The molecule has 6 rings (SSSR count). The molecule has 12 heteroatoms. The number of aromatic nitrogens is 3. The first-order valence-electron chi connectivity index (χ1n) is 15.0. The zero-order valence-electron chi connectivity index (χ0n) is 24.5. The van der Waals surface area contributed by atoms with E-state index in [9.17, 15) is 14.4 Å². The maximum atomic E-state index is 13.6. The fraction of sp³-hybridized carbons (Fsp3) is 0.484. The number of halogens is 1. The van der Waals surface area contributed by atoms with Crippen LogP contribution in [0.5, 0.6) is 0 Å². The molecular formula is C31H36FN7O2S2. The number of nitriles is 1. The smallest absolute Gasteiger partial charge is 0.234 e. The molecule has 2 aliphatic rings. The van der Waals surface area contributed by atoms with E-state index in [-0.39, 0.29) is 17.8 Å². The van der Waals surface area contributed by atoms with Gasteiger partial charge in [0, 0.05) is 42.4 Å². The fourth-order valence-corrected chi connectivity index (χ4v) is 8.10. The summed E-state index contributed by atoms with van der Waals surface area (Å²) in [5.74, 6) is 1.19. The molecule has 0 aliphatic carbocycles. The standard InChI is InChI=1S/C31H36FN7O2S2/c1-3-24-29(38(4-2)31-36-28(25(17-33)42-31)21-5-7-22(32)8-6-21)39-18-26(43-30(39)35-24)20-9-13-37(14-10-20)19-27(40)34-23-11-15-41-16-12-23/h5-8,18,20,23H,3-4,9-16,19H2,1-2H3,(H,34,40). The van der Waals surface area contributed by atoms with Crippen molar-refractivity contribution >= 4 is 44.5 Å². The number of hydrogen-bond acceptors (Lipinski definition) is 9. The van der Waals surface area contributed by atoms with Gasteiger partial charge in [-0.2, -0.15) is 5.26 Å². The summed E-state index contributed by atoms with van der Waals surface area (Å²) in [6.07, 6.45) is 6.78. The summed E-state index contributed by atoms with van der Waals surface area (Å²) in [6, 6.07) is 8.62. The zero-order valence-corrected chi connectivity index (χ0v) is 26.1. The van der Waals surface area contributed by atoms with Gasteiger partial charge in [-0.25, -0.2) is 14.4 Å².